The van der Waals surface area contributed by atoms with Gasteiger partial charge in [-0.25, -0.2) is 13.1 Å². The first-order chi connectivity index (χ1) is 23.6. The third-order valence-electron chi connectivity index (χ3n) is 10.7. The number of ketones is 1. The van der Waals surface area contributed by atoms with Crippen LogP contribution in [0, 0.1) is 17.8 Å². The van der Waals surface area contributed by atoms with Crippen molar-refractivity contribution < 1.29 is 27.5 Å². The molecule has 3 heterocycles. The maximum absolute atomic E-state index is 13.3. The number of ether oxygens (including phenoxy) is 2. The van der Waals surface area contributed by atoms with Crippen LogP contribution in [0.5, 0.6) is 5.75 Å². The summed E-state index contributed by atoms with van der Waals surface area (Å²) in [6, 6.07) is 11.3. The molecule has 268 valence electrons. The van der Waals surface area contributed by atoms with Crippen LogP contribution in [-0.2, 0) is 31.4 Å². The Labute approximate surface area is 310 Å². The van der Waals surface area contributed by atoms with Gasteiger partial charge in [-0.15, -0.1) is 0 Å². The number of fused-ring (bicyclic) bond motifs is 4. The van der Waals surface area contributed by atoms with Gasteiger partial charge in [0.05, 0.1) is 30.8 Å². The molecule has 2 N–H and O–H groups in total. The summed E-state index contributed by atoms with van der Waals surface area (Å²) in [4.78, 5) is 30.8. The number of nitrogens with zero attached hydrogens (tertiary/aromatic N) is 1. The van der Waals surface area contributed by atoms with Crippen LogP contribution < -0.4 is 19.7 Å². The topological polar surface area (TPSA) is 114 Å². The number of hydrogen-bond donors (Lipinski definition) is 2. The lowest BCUT2D eigenvalue weighted by molar-refractivity contribution is -0.122. The standard InChI is InChI=1S/C32H37ClN2O5S.C4H9NO.CH3I/c1-20-5-3-7-29(36)26-11-8-24(26)17-35-18-32(14-4-6-22-15-25(33)10-12-27(22)32)19-40-30-13-9-23(16-28(30)35)31(37)34-41(38,39)21(20)2;1-3-6-4-2-5-1;1-2/h3,7,9-10,12-13,15-16,20-21,24,26H,4-6,8,11,14,17-19H2,1-2H3,(H,34,37);5H,1-4H2;1H3/b7-3+;;/t20-,21+,24-,26+,32-;;/m0../s1. The van der Waals surface area contributed by atoms with E-state index in [1.807, 2.05) is 17.9 Å². The van der Waals surface area contributed by atoms with Gasteiger partial charge in [-0.1, -0.05) is 53.3 Å². The van der Waals surface area contributed by atoms with Crippen molar-refractivity contribution in [2.75, 3.05) is 55.8 Å². The number of morpholine rings is 1. The molecule has 49 heavy (non-hydrogen) atoms. The fourth-order valence-electron chi connectivity index (χ4n) is 7.52. The maximum Gasteiger partial charge on any atom is 0.264 e. The van der Waals surface area contributed by atoms with Gasteiger partial charge in [0.2, 0.25) is 10.0 Å². The fourth-order valence-corrected chi connectivity index (χ4v) is 9.00. The molecule has 7 rings (SSSR count). The van der Waals surface area contributed by atoms with E-state index in [4.69, 9.17) is 21.1 Å². The predicted molar refractivity (Wildman–Crippen MR) is 204 cm³/mol. The molecular formula is C37H49ClIN3O6S. The minimum atomic E-state index is -3.93. The highest BCUT2D eigenvalue weighted by Crippen LogP contribution is 2.46. The van der Waals surface area contributed by atoms with Gasteiger partial charge in [0.1, 0.15) is 5.75 Å². The number of aryl methyl sites for hydroxylation is 1. The van der Waals surface area contributed by atoms with E-state index in [1.165, 1.54) is 11.1 Å². The molecule has 3 aliphatic heterocycles. The third-order valence-corrected chi connectivity index (χ3v) is 12.8. The highest BCUT2D eigenvalue weighted by atomic mass is 127. The Kier molecular flexibility index (Phi) is 13.1. The number of anilines is 1. The number of sulfonamides is 1. The van der Waals surface area contributed by atoms with Crippen molar-refractivity contribution in [2.45, 2.75) is 63.0 Å². The number of carbonyl (C=O) groups excluding carboxylic acids is 2. The number of alkyl halides is 1. The first-order valence-corrected chi connectivity index (χ1v) is 21.4. The van der Waals surface area contributed by atoms with Crippen LogP contribution in [0.3, 0.4) is 0 Å². The molecule has 0 aromatic heterocycles. The second-order valence-corrected chi connectivity index (χ2v) is 16.3. The first kappa shape index (κ1) is 38.1. The number of benzene rings is 2. The van der Waals surface area contributed by atoms with E-state index < -0.39 is 21.2 Å². The predicted octanol–water partition coefficient (Wildman–Crippen LogP) is 6.11. The second kappa shape index (κ2) is 16.9. The van der Waals surface area contributed by atoms with Gasteiger partial charge in [-0.2, -0.15) is 0 Å². The molecule has 2 aliphatic carbocycles. The summed E-state index contributed by atoms with van der Waals surface area (Å²) in [5.41, 5.74) is 3.22. The van der Waals surface area contributed by atoms with E-state index in [9.17, 15) is 18.0 Å². The number of halogens is 2. The average Bonchev–Trinajstić information content (AvgIpc) is 3.24. The molecule has 2 bridgehead atoms. The first-order valence-electron chi connectivity index (χ1n) is 17.3. The minimum absolute atomic E-state index is 0.0666. The number of rotatable bonds is 0. The molecule has 2 fully saturated rings. The summed E-state index contributed by atoms with van der Waals surface area (Å²) in [5, 5.41) is 3.07. The molecule has 1 saturated heterocycles. The van der Waals surface area contributed by atoms with Gasteiger partial charge < -0.3 is 19.7 Å². The van der Waals surface area contributed by atoms with E-state index in [0.717, 1.165) is 69.1 Å². The quantitative estimate of drug-likeness (QED) is 0.242. The average molecular weight is 826 g/mol. The third kappa shape index (κ3) is 8.83. The molecule has 12 heteroatoms. The summed E-state index contributed by atoms with van der Waals surface area (Å²) < 4.78 is 40.0. The fraction of sp³-hybridized carbons (Fsp3) is 0.568. The van der Waals surface area contributed by atoms with Gasteiger partial charge in [0, 0.05) is 48.1 Å². The Morgan fingerprint density at radius 3 is 2.49 bits per heavy atom. The molecule has 2 aromatic carbocycles. The van der Waals surface area contributed by atoms with Gasteiger partial charge in [-0.3, -0.25) is 9.59 Å². The Hall–Kier alpha value is -2.19. The molecule has 2 aromatic rings. The molecule has 9 nitrogen and oxygen atoms in total. The van der Waals surface area contributed by atoms with Crippen LogP contribution in [0.4, 0.5) is 5.69 Å². The molecule has 1 saturated carbocycles. The summed E-state index contributed by atoms with van der Waals surface area (Å²) in [6.45, 7) is 9.06. The van der Waals surface area contributed by atoms with Crippen molar-refractivity contribution in [2.24, 2.45) is 17.8 Å². The largest absolute Gasteiger partial charge is 0.490 e. The molecule has 5 aliphatic rings. The van der Waals surface area contributed by atoms with Crippen LogP contribution in [0.25, 0.3) is 0 Å². The van der Waals surface area contributed by atoms with Gasteiger partial charge in [0.15, 0.2) is 5.78 Å². The molecule has 1 amide bonds. The van der Waals surface area contributed by atoms with Crippen LogP contribution >= 0.6 is 34.2 Å². The molecule has 1 spiro atoms. The van der Waals surface area contributed by atoms with E-state index in [1.54, 1.807) is 37.3 Å². The van der Waals surface area contributed by atoms with E-state index in [-0.39, 0.29) is 34.5 Å². The van der Waals surface area contributed by atoms with Crippen LogP contribution in [0.2, 0.25) is 5.02 Å². The second-order valence-electron chi connectivity index (χ2n) is 13.8. The zero-order chi connectivity index (χ0) is 35.2. The smallest absolute Gasteiger partial charge is 0.264 e. The van der Waals surface area contributed by atoms with Crippen molar-refractivity contribution in [3.8, 4) is 5.75 Å². The van der Waals surface area contributed by atoms with Gasteiger partial charge >= 0.3 is 0 Å². The maximum atomic E-state index is 13.3. The van der Waals surface area contributed by atoms with Crippen molar-refractivity contribution in [3.05, 3.63) is 70.3 Å². The van der Waals surface area contributed by atoms with Crippen molar-refractivity contribution >= 4 is 61.6 Å². The summed E-state index contributed by atoms with van der Waals surface area (Å²) in [5.74, 6) is -0.0319. The zero-order valence-corrected chi connectivity index (χ0v) is 32.4. The van der Waals surface area contributed by atoms with Crippen molar-refractivity contribution in [1.82, 2.24) is 10.0 Å². The zero-order valence-electron chi connectivity index (χ0n) is 28.7. The lowest BCUT2D eigenvalue weighted by Gasteiger charge is -2.44. The Morgan fingerprint density at radius 1 is 1.04 bits per heavy atom. The molecule has 0 radical (unpaired) electrons. The molecule has 5 atom stereocenters. The molecular weight excluding hydrogens is 777 g/mol. The summed E-state index contributed by atoms with van der Waals surface area (Å²) in [6.07, 6.45) is 8.60. The van der Waals surface area contributed by atoms with Crippen LogP contribution in [0.1, 0.15) is 67.4 Å². The Bertz CT molecular complexity index is 1620. The molecule has 0 unspecified atom stereocenters. The Balaban J connectivity index is 0.000000522. The van der Waals surface area contributed by atoms with E-state index >= 15 is 0 Å². The van der Waals surface area contributed by atoms with Gasteiger partial charge in [0.25, 0.3) is 5.91 Å². The van der Waals surface area contributed by atoms with Crippen molar-refractivity contribution in [3.63, 3.8) is 0 Å². The highest BCUT2D eigenvalue weighted by Gasteiger charge is 2.44. The number of nitrogens with one attached hydrogen (secondary N) is 2. The minimum Gasteiger partial charge on any atom is -0.490 e. The Morgan fingerprint density at radius 2 is 1.82 bits per heavy atom. The lowest BCUT2D eigenvalue weighted by Crippen LogP contribution is -2.49. The SMILES string of the molecule is C1COCCN1.CI.C[C@@H]1[C@@H](C)C/C=C/C(=O)[C@@H]2CC[C@H]2CN2C[C@@]3(CCCc4cc(Cl)ccc43)COc3ccc(cc32)C(=O)NS1(=O)=O. The number of amides is 1. The summed E-state index contributed by atoms with van der Waals surface area (Å²) in [7, 11) is -3.93. The number of hydrogen-bond acceptors (Lipinski definition) is 8. The van der Waals surface area contributed by atoms with E-state index in [2.05, 4.69) is 49.7 Å². The normalized spacial score (nSPS) is 29.9. The highest BCUT2D eigenvalue weighted by molar-refractivity contribution is 14.1. The monoisotopic (exact) mass is 825 g/mol. The number of allylic oxidation sites excluding steroid dienone is 2. The summed E-state index contributed by atoms with van der Waals surface area (Å²) >= 11 is 8.52. The van der Waals surface area contributed by atoms with E-state index in [0.29, 0.717) is 31.9 Å². The van der Waals surface area contributed by atoms with Crippen molar-refractivity contribution in [1.29, 1.82) is 0 Å². The lowest BCUT2D eigenvalue weighted by atomic mass is 9.68. The van der Waals surface area contributed by atoms with Crippen LogP contribution in [0.15, 0.2) is 48.6 Å². The van der Waals surface area contributed by atoms with Gasteiger partial charge in [-0.05, 0) is 110 Å². The number of carbonyl (C=O) groups is 2. The van der Waals surface area contributed by atoms with Crippen LogP contribution in [-0.4, -0.2) is 76.3 Å².